The van der Waals surface area contributed by atoms with Crippen molar-refractivity contribution in [2.45, 2.75) is 110 Å². The van der Waals surface area contributed by atoms with Gasteiger partial charge in [-0.1, -0.05) is 27.7 Å². The van der Waals surface area contributed by atoms with E-state index in [0.717, 1.165) is 57.7 Å². The summed E-state index contributed by atoms with van der Waals surface area (Å²) in [5, 5.41) is 0. The zero-order valence-electron chi connectivity index (χ0n) is 23.1. The molecule has 200 valence electrons. The van der Waals surface area contributed by atoms with E-state index in [1.165, 1.54) is 51.7 Å². The monoisotopic (exact) mass is 488 g/mol. The summed E-state index contributed by atoms with van der Waals surface area (Å²) in [6, 6.07) is 0.279. The van der Waals surface area contributed by atoms with Crippen LogP contribution in [0, 0.1) is 17.8 Å². The van der Waals surface area contributed by atoms with Crippen LogP contribution in [0.3, 0.4) is 0 Å². The molecule has 1 aliphatic carbocycles. The average molecular weight is 489 g/mol. The average Bonchev–Trinajstić information content (AvgIpc) is 3.54. The Balaban J connectivity index is 1.36. The predicted molar refractivity (Wildman–Crippen MR) is 142 cm³/mol. The molecule has 3 heterocycles. The summed E-state index contributed by atoms with van der Waals surface area (Å²) in [4.78, 5) is 36.9. The second-order valence-electron chi connectivity index (χ2n) is 12.7. The van der Waals surface area contributed by atoms with Crippen LogP contribution in [0.15, 0.2) is 0 Å². The zero-order chi connectivity index (χ0) is 24.9. The van der Waals surface area contributed by atoms with Crippen molar-refractivity contribution in [3.8, 4) is 0 Å². The number of carbonyl (C=O) groups is 2. The Morgan fingerprint density at radius 1 is 0.857 bits per heavy atom. The van der Waals surface area contributed by atoms with Crippen LogP contribution in [-0.4, -0.2) is 95.4 Å². The van der Waals surface area contributed by atoms with Crippen LogP contribution >= 0.6 is 0 Å². The Morgan fingerprint density at radius 3 is 2.14 bits per heavy atom. The topological polar surface area (TPSA) is 47.1 Å². The van der Waals surface area contributed by atoms with Crippen molar-refractivity contribution in [1.82, 2.24) is 19.6 Å². The van der Waals surface area contributed by atoms with Gasteiger partial charge in [-0.3, -0.25) is 14.5 Å². The van der Waals surface area contributed by atoms with Crippen molar-refractivity contribution >= 4 is 11.8 Å². The summed E-state index contributed by atoms with van der Waals surface area (Å²) in [7, 11) is 0. The van der Waals surface area contributed by atoms with Crippen molar-refractivity contribution in [2.75, 3.05) is 45.8 Å². The van der Waals surface area contributed by atoms with Crippen LogP contribution in [-0.2, 0) is 9.59 Å². The third kappa shape index (κ3) is 7.21. The molecule has 3 aliphatic heterocycles. The second-order valence-corrected chi connectivity index (χ2v) is 12.7. The van der Waals surface area contributed by atoms with E-state index in [0.29, 0.717) is 24.4 Å². The summed E-state index contributed by atoms with van der Waals surface area (Å²) in [6.07, 6.45) is 11.5. The number of rotatable bonds is 11. The molecule has 0 spiro atoms. The fourth-order valence-corrected chi connectivity index (χ4v) is 6.59. The number of piperidine rings is 1. The molecule has 0 unspecified atom stereocenters. The lowest BCUT2D eigenvalue weighted by molar-refractivity contribution is -0.155. The highest BCUT2D eigenvalue weighted by Crippen LogP contribution is 2.34. The minimum atomic E-state index is -0.286. The number of likely N-dealkylation sites (tertiary alicyclic amines) is 2. The summed E-state index contributed by atoms with van der Waals surface area (Å²) in [5.41, 5.74) is 0. The van der Waals surface area contributed by atoms with E-state index in [-0.39, 0.29) is 23.9 Å². The molecule has 0 aromatic carbocycles. The lowest BCUT2D eigenvalue weighted by Gasteiger charge is -2.45. The number of hydrogen-bond acceptors (Lipinski definition) is 4. The first-order chi connectivity index (χ1) is 16.8. The van der Waals surface area contributed by atoms with Gasteiger partial charge in [0.2, 0.25) is 11.8 Å². The summed E-state index contributed by atoms with van der Waals surface area (Å²) < 4.78 is 0. The number of amides is 2. The standard InChI is InChI=1S/C29H52N4O2/c1-22(2)7-10-26-29(35)33(20-19-32(26)25-8-9-25)27(21-23(3)4)28(34)31-17-12-24(13-18-31)11-16-30-14-5-6-15-30/h22-27H,5-21H2,1-4H3/t26-,27-/m0/s1. The Morgan fingerprint density at radius 2 is 1.54 bits per heavy atom. The van der Waals surface area contributed by atoms with Crippen LogP contribution in [0.4, 0.5) is 0 Å². The minimum absolute atomic E-state index is 0.0302. The molecular weight excluding hydrogens is 436 g/mol. The molecule has 2 amide bonds. The van der Waals surface area contributed by atoms with E-state index < -0.39 is 0 Å². The van der Waals surface area contributed by atoms with E-state index in [2.05, 4.69) is 42.4 Å². The first-order valence-corrected chi connectivity index (χ1v) is 14.9. The molecule has 4 aliphatic rings. The fraction of sp³-hybridized carbons (Fsp3) is 0.931. The number of carbonyl (C=O) groups excluding carboxylic acids is 2. The smallest absolute Gasteiger partial charge is 0.245 e. The van der Waals surface area contributed by atoms with Gasteiger partial charge in [0, 0.05) is 32.2 Å². The van der Waals surface area contributed by atoms with E-state index in [1.54, 1.807) is 0 Å². The lowest BCUT2D eigenvalue weighted by atomic mass is 9.91. The van der Waals surface area contributed by atoms with Gasteiger partial charge in [0.05, 0.1) is 6.04 Å². The van der Waals surface area contributed by atoms with Gasteiger partial charge in [-0.25, -0.2) is 0 Å². The van der Waals surface area contributed by atoms with Gasteiger partial charge in [-0.2, -0.15) is 0 Å². The largest absolute Gasteiger partial charge is 0.341 e. The third-order valence-corrected chi connectivity index (χ3v) is 8.94. The Bertz CT molecular complexity index is 693. The van der Waals surface area contributed by atoms with E-state index >= 15 is 0 Å². The van der Waals surface area contributed by atoms with Crippen LogP contribution in [0.25, 0.3) is 0 Å². The highest BCUT2D eigenvalue weighted by atomic mass is 16.2. The van der Waals surface area contributed by atoms with Gasteiger partial charge in [0.25, 0.3) is 0 Å². The molecule has 0 bridgehead atoms. The molecular formula is C29H52N4O2. The maximum absolute atomic E-state index is 13.9. The Labute approximate surface area is 214 Å². The number of piperazine rings is 1. The van der Waals surface area contributed by atoms with Crippen molar-refractivity contribution in [3.05, 3.63) is 0 Å². The third-order valence-electron chi connectivity index (χ3n) is 8.94. The molecule has 0 aromatic heterocycles. The van der Waals surface area contributed by atoms with Gasteiger partial charge in [-0.15, -0.1) is 0 Å². The molecule has 4 fully saturated rings. The zero-order valence-corrected chi connectivity index (χ0v) is 23.1. The SMILES string of the molecule is CC(C)CC[C@H]1C(=O)N([C@@H](CC(C)C)C(=O)N2CCC(CCN3CCCC3)CC2)CCN1C1CC1. The second kappa shape index (κ2) is 12.4. The molecule has 0 radical (unpaired) electrons. The molecule has 35 heavy (non-hydrogen) atoms. The predicted octanol–water partition coefficient (Wildman–Crippen LogP) is 4.24. The highest BCUT2D eigenvalue weighted by molar-refractivity contribution is 5.90. The van der Waals surface area contributed by atoms with Crippen LogP contribution < -0.4 is 0 Å². The van der Waals surface area contributed by atoms with Gasteiger partial charge in [0.15, 0.2) is 0 Å². The number of nitrogens with zero attached hydrogens (tertiary/aromatic N) is 4. The Kier molecular flexibility index (Phi) is 9.54. The molecule has 4 rings (SSSR count). The lowest BCUT2D eigenvalue weighted by Crippen LogP contribution is -2.63. The normalized spacial score (nSPS) is 26.3. The molecule has 2 atom stereocenters. The molecule has 1 saturated carbocycles. The summed E-state index contributed by atoms with van der Waals surface area (Å²) >= 11 is 0. The van der Waals surface area contributed by atoms with Crippen LogP contribution in [0.2, 0.25) is 0 Å². The van der Waals surface area contributed by atoms with Crippen molar-refractivity contribution < 1.29 is 9.59 Å². The van der Waals surface area contributed by atoms with E-state index in [9.17, 15) is 9.59 Å². The first kappa shape index (κ1) is 26.9. The van der Waals surface area contributed by atoms with Crippen LogP contribution in [0.1, 0.15) is 91.9 Å². The van der Waals surface area contributed by atoms with Gasteiger partial charge < -0.3 is 14.7 Å². The summed E-state index contributed by atoms with van der Waals surface area (Å²) in [5.74, 6) is 2.17. The van der Waals surface area contributed by atoms with Crippen LogP contribution in [0.5, 0.6) is 0 Å². The minimum Gasteiger partial charge on any atom is -0.341 e. The maximum atomic E-state index is 13.9. The van der Waals surface area contributed by atoms with Crippen molar-refractivity contribution in [1.29, 1.82) is 0 Å². The molecule has 0 aromatic rings. The van der Waals surface area contributed by atoms with E-state index in [1.807, 2.05) is 4.90 Å². The Hall–Kier alpha value is -1.14. The molecule has 6 heteroatoms. The summed E-state index contributed by atoms with van der Waals surface area (Å²) in [6.45, 7) is 16.0. The molecule has 3 saturated heterocycles. The van der Waals surface area contributed by atoms with E-state index in [4.69, 9.17) is 0 Å². The highest BCUT2D eigenvalue weighted by Gasteiger charge is 2.45. The quantitative estimate of drug-likeness (QED) is 0.437. The van der Waals surface area contributed by atoms with Crippen molar-refractivity contribution in [2.24, 2.45) is 17.8 Å². The first-order valence-electron chi connectivity index (χ1n) is 14.9. The molecule has 0 N–H and O–H groups in total. The van der Waals surface area contributed by atoms with Crippen molar-refractivity contribution in [3.63, 3.8) is 0 Å². The fourth-order valence-electron chi connectivity index (χ4n) is 6.59. The molecule has 6 nitrogen and oxygen atoms in total. The number of hydrogen-bond donors (Lipinski definition) is 0. The van der Waals surface area contributed by atoms with Gasteiger partial charge in [0.1, 0.15) is 6.04 Å². The maximum Gasteiger partial charge on any atom is 0.245 e. The van der Waals surface area contributed by atoms with Gasteiger partial charge in [-0.05, 0) is 102 Å². The van der Waals surface area contributed by atoms with Gasteiger partial charge >= 0.3 is 0 Å².